The lowest BCUT2D eigenvalue weighted by Crippen LogP contribution is -2.23. The van der Waals surface area contributed by atoms with Crippen molar-refractivity contribution in [2.45, 2.75) is 20.4 Å². The van der Waals surface area contributed by atoms with E-state index in [2.05, 4.69) is 10.6 Å². The average Bonchev–Trinajstić information content (AvgIpc) is 2.66. The number of anilines is 1. The Labute approximate surface area is 159 Å². The molecular weight excluding hydrogens is 336 g/mol. The van der Waals surface area contributed by atoms with Gasteiger partial charge in [-0.2, -0.15) is 0 Å². The molecular formula is C23H22N2O2. The number of aryl methyl sites for hydroxylation is 2. The molecule has 0 saturated heterocycles. The quantitative estimate of drug-likeness (QED) is 0.706. The maximum absolute atomic E-state index is 12.5. The molecule has 0 atom stereocenters. The third-order valence-corrected chi connectivity index (χ3v) is 4.20. The number of benzene rings is 3. The van der Waals surface area contributed by atoms with Crippen molar-refractivity contribution in [1.82, 2.24) is 5.32 Å². The summed E-state index contributed by atoms with van der Waals surface area (Å²) >= 11 is 0. The van der Waals surface area contributed by atoms with E-state index >= 15 is 0 Å². The Bertz CT molecular complexity index is 979. The third-order valence-electron chi connectivity index (χ3n) is 4.20. The van der Waals surface area contributed by atoms with E-state index in [9.17, 15) is 9.59 Å². The molecule has 0 heterocycles. The minimum Gasteiger partial charge on any atom is -0.348 e. The molecule has 0 fully saturated rings. The summed E-state index contributed by atoms with van der Waals surface area (Å²) < 4.78 is 0. The van der Waals surface area contributed by atoms with Crippen LogP contribution in [0.1, 0.15) is 37.4 Å². The van der Waals surface area contributed by atoms with Crippen LogP contribution in [0.15, 0.2) is 72.8 Å². The average molecular weight is 358 g/mol. The maximum Gasteiger partial charge on any atom is 0.255 e. The molecule has 0 saturated carbocycles. The van der Waals surface area contributed by atoms with E-state index in [4.69, 9.17) is 0 Å². The summed E-state index contributed by atoms with van der Waals surface area (Å²) in [4.78, 5) is 24.9. The topological polar surface area (TPSA) is 58.2 Å². The standard InChI is InChI=1S/C23H22N2O2/c1-16-6-3-8-18(12-16)15-24-22(26)19-9-5-10-20(14-19)23(27)25-21-11-4-7-17(2)13-21/h3-14H,15H2,1-2H3,(H,24,26)(H,25,27). The molecule has 2 amide bonds. The van der Waals surface area contributed by atoms with E-state index in [-0.39, 0.29) is 11.8 Å². The molecule has 0 aliphatic rings. The summed E-state index contributed by atoms with van der Waals surface area (Å²) in [6.07, 6.45) is 0. The molecule has 3 aromatic carbocycles. The number of hydrogen-bond acceptors (Lipinski definition) is 2. The van der Waals surface area contributed by atoms with E-state index in [1.54, 1.807) is 24.3 Å². The minimum atomic E-state index is -0.242. The smallest absolute Gasteiger partial charge is 0.255 e. The van der Waals surface area contributed by atoms with Gasteiger partial charge in [-0.05, 0) is 55.3 Å². The van der Waals surface area contributed by atoms with Crippen molar-refractivity contribution in [3.05, 3.63) is 101 Å². The zero-order valence-corrected chi connectivity index (χ0v) is 15.5. The van der Waals surface area contributed by atoms with E-state index < -0.39 is 0 Å². The number of carbonyl (C=O) groups excluding carboxylic acids is 2. The van der Waals surface area contributed by atoms with Crippen molar-refractivity contribution in [2.24, 2.45) is 0 Å². The highest BCUT2D eigenvalue weighted by Gasteiger charge is 2.11. The van der Waals surface area contributed by atoms with Crippen LogP contribution in [-0.4, -0.2) is 11.8 Å². The molecule has 4 heteroatoms. The Morgan fingerprint density at radius 3 is 2.07 bits per heavy atom. The second-order valence-electron chi connectivity index (χ2n) is 6.58. The van der Waals surface area contributed by atoms with Crippen LogP contribution in [0.25, 0.3) is 0 Å². The van der Waals surface area contributed by atoms with Gasteiger partial charge in [0.25, 0.3) is 11.8 Å². The van der Waals surface area contributed by atoms with E-state index in [1.807, 2.05) is 62.4 Å². The van der Waals surface area contributed by atoms with Gasteiger partial charge >= 0.3 is 0 Å². The van der Waals surface area contributed by atoms with Gasteiger partial charge in [-0.3, -0.25) is 9.59 Å². The molecule has 0 aliphatic heterocycles. The predicted octanol–water partition coefficient (Wildman–Crippen LogP) is 4.49. The molecule has 0 unspecified atom stereocenters. The highest BCUT2D eigenvalue weighted by molar-refractivity contribution is 6.06. The lowest BCUT2D eigenvalue weighted by Gasteiger charge is -2.09. The highest BCUT2D eigenvalue weighted by Crippen LogP contribution is 2.13. The summed E-state index contributed by atoms with van der Waals surface area (Å²) in [6, 6.07) is 22.3. The van der Waals surface area contributed by atoms with Gasteiger partial charge < -0.3 is 10.6 Å². The zero-order valence-electron chi connectivity index (χ0n) is 15.5. The maximum atomic E-state index is 12.5. The predicted molar refractivity (Wildman–Crippen MR) is 108 cm³/mol. The monoisotopic (exact) mass is 358 g/mol. The fraction of sp³-hybridized carbons (Fsp3) is 0.130. The number of rotatable bonds is 5. The second-order valence-corrected chi connectivity index (χ2v) is 6.58. The number of nitrogens with one attached hydrogen (secondary N) is 2. The van der Waals surface area contributed by atoms with Gasteiger partial charge in [-0.25, -0.2) is 0 Å². The van der Waals surface area contributed by atoms with E-state index in [1.165, 1.54) is 0 Å². The number of hydrogen-bond donors (Lipinski definition) is 2. The number of carbonyl (C=O) groups is 2. The van der Waals surface area contributed by atoms with Gasteiger partial charge in [0, 0.05) is 23.4 Å². The van der Waals surface area contributed by atoms with Crippen molar-refractivity contribution in [3.8, 4) is 0 Å². The van der Waals surface area contributed by atoms with Crippen molar-refractivity contribution < 1.29 is 9.59 Å². The first kappa shape index (κ1) is 18.4. The molecule has 136 valence electrons. The number of amides is 2. The highest BCUT2D eigenvalue weighted by atomic mass is 16.2. The van der Waals surface area contributed by atoms with Gasteiger partial charge in [0.2, 0.25) is 0 Å². The summed E-state index contributed by atoms with van der Waals surface area (Å²) in [5.41, 5.74) is 4.89. The summed E-state index contributed by atoms with van der Waals surface area (Å²) in [5.74, 6) is -0.448. The van der Waals surface area contributed by atoms with Crippen molar-refractivity contribution >= 4 is 17.5 Å². The first-order chi connectivity index (χ1) is 13.0. The Balaban J connectivity index is 1.67. The fourth-order valence-electron chi connectivity index (χ4n) is 2.83. The largest absolute Gasteiger partial charge is 0.348 e. The molecule has 0 spiro atoms. The molecule has 0 radical (unpaired) electrons. The summed E-state index contributed by atoms with van der Waals surface area (Å²) in [6.45, 7) is 4.43. The first-order valence-electron chi connectivity index (χ1n) is 8.83. The molecule has 3 rings (SSSR count). The van der Waals surface area contributed by atoms with Crippen LogP contribution in [0.4, 0.5) is 5.69 Å². The van der Waals surface area contributed by atoms with Crippen LogP contribution in [0.5, 0.6) is 0 Å². The second kappa shape index (κ2) is 8.32. The lowest BCUT2D eigenvalue weighted by atomic mass is 10.1. The minimum absolute atomic E-state index is 0.207. The van der Waals surface area contributed by atoms with Crippen molar-refractivity contribution in [1.29, 1.82) is 0 Å². The third kappa shape index (κ3) is 5.05. The summed E-state index contributed by atoms with van der Waals surface area (Å²) in [7, 11) is 0. The fourth-order valence-corrected chi connectivity index (χ4v) is 2.83. The van der Waals surface area contributed by atoms with Gasteiger partial charge in [-0.1, -0.05) is 48.0 Å². The Kier molecular flexibility index (Phi) is 5.67. The molecule has 0 aliphatic carbocycles. The van der Waals surface area contributed by atoms with Crippen LogP contribution in [0, 0.1) is 13.8 Å². The summed E-state index contributed by atoms with van der Waals surface area (Å²) in [5, 5.41) is 5.75. The molecule has 4 nitrogen and oxygen atoms in total. The van der Waals surface area contributed by atoms with Gasteiger partial charge in [-0.15, -0.1) is 0 Å². The SMILES string of the molecule is Cc1cccc(CNC(=O)c2cccc(C(=O)Nc3cccc(C)c3)c2)c1. The Hall–Kier alpha value is -3.40. The molecule has 0 aromatic heterocycles. The van der Waals surface area contributed by atoms with Crippen molar-refractivity contribution in [2.75, 3.05) is 5.32 Å². The molecule has 2 N–H and O–H groups in total. The van der Waals surface area contributed by atoms with Gasteiger partial charge in [0.15, 0.2) is 0 Å². The zero-order chi connectivity index (χ0) is 19.2. The van der Waals surface area contributed by atoms with E-state index in [0.29, 0.717) is 17.7 Å². The normalized spacial score (nSPS) is 10.3. The van der Waals surface area contributed by atoms with Gasteiger partial charge in [0.05, 0.1) is 0 Å². The molecule has 0 bridgehead atoms. The van der Waals surface area contributed by atoms with Crippen LogP contribution >= 0.6 is 0 Å². The van der Waals surface area contributed by atoms with Crippen LogP contribution in [-0.2, 0) is 6.54 Å². The van der Waals surface area contributed by atoms with Gasteiger partial charge in [0.1, 0.15) is 0 Å². The first-order valence-corrected chi connectivity index (χ1v) is 8.83. The Morgan fingerprint density at radius 1 is 0.741 bits per heavy atom. The van der Waals surface area contributed by atoms with Crippen LogP contribution in [0.2, 0.25) is 0 Å². The molecule has 3 aromatic rings. The van der Waals surface area contributed by atoms with Crippen LogP contribution in [0.3, 0.4) is 0 Å². The molecule has 27 heavy (non-hydrogen) atoms. The lowest BCUT2D eigenvalue weighted by molar-refractivity contribution is 0.0951. The Morgan fingerprint density at radius 2 is 1.37 bits per heavy atom. The van der Waals surface area contributed by atoms with Crippen LogP contribution < -0.4 is 10.6 Å². The van der Waals surface area contributed by atoms with E-state index in [0.717, 1.165) is 22.4 Å². The van der Waals surface area contributed by atoms with Crippen molar-refractivity contribution in [3.63, 3.8) is 0 Å².